The van der Waals surface area contributed by atoms with Gasteiger partial charge >= 0.3 is 11.7 Å². The molecule has 2 amide bonds. The van der Waals surface area contributed by atoms with Crippen LogP contribution in [0.1, 0.15) is 24.0 Å². The van der Waals surface area contributed by atoms with Crippen molar-refractivity contribution in [2.75, 3.05) is 11.9 Å². The van der Waals surface area contributed by atoms with Crippen molar-refractivity contribution >= 4 is 28.7 Å². The third kappa shape index (κ3) is 5.00. The van der Waals surface area contributed by atoms with Crippen LogP contribution >= 0.6 is 0 Å². The SMILES string of the molecule is Cc1cc2cc(-c3cccc(NC(=O)[C@@H]4CCCN4C(=O)OCc4ccccc4)c3)ccc2oc1=O. The standard InChI is InChI=1S/C29H26N2O5/c1-19-15-23-16-22(12-13-26(23)36-28(19)33)21-9-5-10-24(17-21)30-27(32)25-11-6-14-31(25)29(34)35-18-20-7-3-2-4-8-20/h2-5,7-10,12-13,15-17,25H,6,11,14,18H2,1H3,(H,30,32)/t25-/m0/s1. The lowest BCUT2D eigenvalue weighted by Crippen LogP contribution is -2.43. The lowest BCUT2D eigenvalue weighted by molar-refractivity contribution is -0.120. The number of hydrogen-bond donors (Lipinski definition) is 1. The smallest absolute Gasteiger partial charge is 0.410 e. The average Bonchev–Trinajstić information content (AvgIpc) is 3.39. The maximum absolute atomic E-state index is 13.1. The van der Waals surface area contributed by atoms with Gasteiger partial charge in [-0.15, -0.1) is 0 Å². The van der Waals surface area contributed by atoms with Gasteiger partial charge < -0.3 is 14.5 Å². The van der Waals surface area contributed by atoms with Gasteiger partial charge in [-0.3, -0.25) is 9.69 Å². The molecule has 1 N–H and O–H groups in total. The fourth-order valence-corrected chi connectivity index (χ4v) is 4.47. The van der Waals surface area contributed by atoms with Crippen LogP contribution in [-0.4, -0.2) is 29.5 Å². The molecule has 7 heteroatoms. The summed E-state index contributed by atoms with van der Waals surface area (Å²) < 4.78 is 10.8. The van der Waals surface area contributed by atoms with Crippen LogP contribution in [0.5, 0.6) is 0 Å². The second-order valence-corrected chi connectivity index (χ2v) is 8.93. The first kappa shape index (κ1) is 23.4. The highest BCUT2D eigenvalue weighted by Gasteiger charge is 2.35. The highest BCUT2D eigenvalue weighted by atomic mass is 16.6. The summed E-state index contributed by atoms with van der Waals surface area (Å²) in [7, 11) is 0. The summed E-state index contributed by atoms with van der Waals surface area (Å²) in [6.45, 7) is 2.37. The van der Waals surface area contributed by atoms with Gasteiger partial charge in [0.15, 0.2) is 0 Å². The Morgan fingerprint density at radius 2 is 1.81 bits per heavy atom. The van der Waals surface area contributed by atoms with Crippen LogP contribution in [0.2, 0.25) is 0 Å². The maximum Gasteiger partial charge on any atom is 0.410 e. The number of hydrogen-bond acceptors (Lipinski definition) is 5. The van der Waals surface area contributed by atoms with Crippen molar-refractivity contribution < 1.29 is 18.7 Å². The molecule has 1 saturated heterocycles. The van der Waals surface area contributed by atoms with E-state index in [4.69, 9.17) is 9.15 Å². The number of fused-ring (bicyclic) bond motifs is 1. The van der Waals surface area contributed by atoms with Crippen LogP contribution in [0.25, 0.3) is 22.1 Å². The van der Waals surface area contributed by atoms with E-state index in [1.165, 1.54) is 4.90 Å². The molecule has 3 aromatic carbocycles. The van der Waals surface area contributed by atoms with Gasteiger partial charge in [-0.2, -0.15) is 0 Å². The van der Waals surface area contributed by atoms with Gasteiger partial charge in [0, 0.05) is 23.2 Å². The molecule has 36 heavy (non-hydrogen) atoms. The van der Waals surface area contributed by atoms with E-state index >= 15 is 0 Å². The summed E-state index contributed by atoms with van der Waals surface area (Å²) >= 11 is 0. The first-order chi connectivity index (χ1) is 17.5. The Balaban J connectivity index is 1.28. The number of aryl methyl sites for hydroxylation is 1. The number of nitrogens with zero attached hydrogens (tertiary/aromatic N) is 1. The monoisotopic (exact) mass is 482 g/mol. The van der Waals surface area contributed by atoms with Gasteiger partial charge in [0.25, 0.3) is 0 Å². The molecule has 0 radical (unpaired) electrons. The molecule has 1 atom stereocenters. The third-order valence-corrected chi connectivity index (χ3v) is 6.36. The molecule has 182 valence electrons. The molecule has 1 aliphatic heterocycles. The third-order valence-electron chi connectivity index (χ3n) is 6.36. The minimum absolute atomic E-state index is 0.168. The van der Waals surface area contributed by atoms with Gasteiger partial charge in [0.2, 0.25) is 5.91 Å². The molecular weight excluding hydrogens is 456 g/mol. The maximum atomic E-state index is 13.1. The van der Waals surface area contributed by atoms with Gasteiger partial charge in [-0.25, -0.2) is 9.59 Å². The zero-order chi connectivity index (χ0) is 25.1. The van der Waals surface area contributed by atoms with E-state index < -0.39 is 12.1 Å². The molecule has 0 unspecified atom stereocenters. The minimum atomic E-state index is -0.580. The molecule has 1 aliphatic rings. The molecule has 2 heterocycles. The fourth-order valence-electron chi connectivity index (χ4n) is 4.47. The van der Waals surface area contributed by atoms with Crippen LogP contribution in [0.4, 0.5) is 10.5 Å². The Kier molecular flexibility index (Phi) is 6.54. The van der Waals surface area contributed by atoms with Crippen LogP contribution in [0.3, 0.4) is 0 Å². The number of ether oxygens (including phenoxy) is 1. The summed E-state index contributed by atoms with van der Waals surface area (Å²) in [5.41, 5.74) is 4.10. The number of amides is 2. The predicted molar refractivity (Wildman–Crippen MR) is 138 cm³/mol. The lowest BCUT2D eigenvalue weighted by Gasteiger charge is -2.23. The zero-order valence-corrected chi connectivity index (χ0v) is 19.9. The lowest BCUT2D eigenvalue weighted by atomic mass is 10.0. The number of likely N-dealkylation sites (tertiary alicyclic amines) is 1. The molecular formula is C29H26N2O5. The minimum Gasteiger partial charge on any atom is -0.445 e. The van der Waals surface area contributed by atoms with E-state index in [-0.39, 0.29) is 18.1 Å². The van der Waals surface area contributed by atoms with Crippen molar-refractivity contribution in [2.45, 2.75) is 32.4 Å². The van der Waals surface area contributed by atoms with Crippen molar-refractivity contribution in [3.63, 3.8) is 0 Å². The second-order valence-electron chi connectivity index (χ2n) is 8.93. The van der Waals surface area contributed by atoms with Gasteiger partial charge in [0.05, 0.1) is 0 Å². The summed E-state index contributed by atoms with van der Waals surface area (Å²) in [6, 6.07) is 23.8. The summed E-state index contributed by atoms with van der Waals surface area (Å²) in [5, 5.41) is 3.79. The first-order valence-corrected chi connectivity index (χ1v) is 11.9. The Hall–Kier alpha value is -4.39. The van der Waals surface area contributed by atoms with Crippen LogP contribution in [0, 0.1) is 6.92 Å². The molecule has 1 aromatic heterocycles. The van der Waals surface area contributed by atoms with Crippen LogP contribution < -0.4 is 10.9 Å². The average molecular weight is 483 g/mol. The zero-order valence-electron chi connectivity index (χ0n) is 19.9. The second kappa shape index (κ2) is 10.1. The van der Waals surface area contributed by atoms with Gasteiger partial charge in [-0.05, 0) is 66.8 Å². The van der Waals surface area contributed by atoms with Crippen LogP contribution in [0.15, 0.2) is 88.1 Å². The van der Waals surface area contributed by atoms with Gasteiger partial charge in [0.1, 0.15) is 18.2 Å². The van der Waals surface area contributed by atoms with Crippen molar-refractivity contribution in [3.8, 4) is 11.1 Å². The first-order valence-electron chi connectivity index (χ1n) is 11.9. The number of benzene rings is 3. The van der Waals surface area contributed by atoms with Crippen molar-refractivity contribution in [2.24, 2.45) is 0 Å². The molecule has 0 aliphatic carbocycles. The highest BCUT2D eigenvalue weighted by Crippen LogP contribution is 2.27. The molecule has 0 spiro atoms. The quantitative estimate of drug-likeness (QED) is 0.379. The molecule has 4 aromatic rings. The Morgan fingerprint density at radius 1 is 1.00 bits per heavy atom. The molecule has 0 bridgehead atoms. The Labute approximate surface area is 208 Å². The van der Waals surface area contributed by atoms with Crippen molar-refractivity contribution in [3.05, 3.63) is 100 Å². The van der Waals surface area contributed by atoms with E-state index in [2.05, 4.69) is 5.32 Å². The Morgan fingerprint density at radius 3 is 2.64 bits per heavy atom. The fraction of sp³-hybridized carbons (Fsp3) is 0.207. The van der Waals surface area contributed by atoms with Gasteiger partial charge in [-0.1, -0.05) is 48.5 Å². The number of nitrogens with one attached hydrogen (secondary N) is 1. The van der Waals surface area contributed by atoms with Crippen molar-refractivity contribution in [1.29, 1.82) is 0 Å². The molecule has 7 nitrogen and oxygen atoms in total. The van der Waals surface area contributed by atoms with E-state index in [1.807, 2.05) is 72.8 Å². The molecule has 0 saturated carbocycles. The Bertz CT molecular complexity index is 1480. The topological polar surface area (TPSA) is 88.8 Å². The number of rotatable bonds is 5. The van der Waals surface area contributed by atoms with E-state index in [0.717, 1.165) is 28.5 Å². The normalized spacial score (nSPS) is 15.1. The number of carbonyl (C=O) groups excluding carboxylic acids is 2. The summed E-state index contributed by atoms with van der Waals surface area (Å²) in [5.74, 6) is -0.239. The van der Waals surface area contributed by atoms with E-state index in [9.17, 15) is 14.4 Å². The van der Waals surface area contributed by atoms with Crippen molar-refractivity contribution in [1.82, 2.24) is 4.90 Å². The highest BCUT2D eigenvalue weighted by molar-refractivity contribution is 5.97. The summed E-state index contributed by atoms with van der Waals surface area (Å²) in [6.07, 6.45) is 0.843. The number of carbonyl (C=O) groups is 2. The summed E-state index contributed by atoms with van der Waals surface area (Å²) in [4.78, 5) is 39.0. The van der Waals surface area contributed by atoms with Crippen LogP contribution in [-0.2, 0) is 16.1 Å². The van der Waals surface area contributed by atoms with E-state index in [1.54, 1.807) is 13.0 Å². The largest absolute Gasteiger partial charge is 0.445 e. The molecule has 1 fully saturated rings. The molecule has 5 rings (SSSR count). The number of anilines is 1. The predicted octanol–water partition coefficient (Wildman–Crippen LogP) is 5.51. The van der Waals surface area contributed by atoms with E-state index in [0.29, 0.717) is 29.8 Å².